The van der Waals surface area contributed by atoms with Gasteiger partial charge in [-0.3, -0.25) is 14.8 Å². The Balaban J connectivity index is 1.44. The summed E-state index contributed by atoms with van der Waals surface area (Å²) in [7, 11) is 1.54. The van der Waals surface area contributed by atoms with Crippen LogP contribution in [0.1, 0.15) is 48.2 Å². The summed E-state index contributed by atoms with van der Waals surface area (Å²) in [6.07, 6.45) is 4.77. The minimum Gasteiger partial charge on any atom is -0.497 e. The summed E-state index contributed by atoms with van der Waals surface area (Å²) in [5, 5.41) is 10.9. The molecule has 0 amide bonds. The molecule has 6 nitrogen and oxygen atoms in total. The van der Waals surface area contributed by atoms with E-state index in [1.807, 2.05) is 12.1 Å². The van der Waals surface area contributed by atoms with Crippen molar-refractivity contribution in [3.8, 4) is 5.75 Å². The van der Waals surface area contributed by atoms with Crippen molar-refractivity contribution in [3.63, 3.8) is 0 Å². The van der Waals surface area contributed by atoms with Gasteiger partial charge in [0.05, 0.1) is 23.1 Å². The average Bonchev–Trinajstić information content (AvgIpc) is 2.88. The van der Waals surface area contributed by atoms with Gasteiger partial charge in [0.2, 0.25) is 0 Å². The average molecular weight is 518 g/mol. The highest BCUT2D eigenvalue weighted by atomic mass is 35.5. The van der Waals surface area contributed by atoms with E-state index in [0.717, 1.165) is 5.56 Å². The number of rotatable bonds is 9. The number of ether oxygens (including phenoxy) is 1. The van der Waals surface area contributed by atoms with E-state index in [2.05, 4.69) is 14.9 Å². The van der Waals surface area contributed by atoms with E-state index in [0.29, 0.717) is 54.7 Å². The Morgan fingerprint density at radius 3 is 2.74 bits per heavy atom. The van der Waals surface area contributed by atoms with Crippen molar-refractivity contribution < 1.29 is 19.0 Å². The second-order valence-corrected chi connectivity index (χ2v) is 10.1. The third-order valence-electron chi connectivity index (χ3n) is 7.02. The molecule has 4 rings (SSSR count). The minimum absolute atomic E-state index is 0.00430. The Labute approximate surface area is 214 Å². The van der Waals surface area contributed by atoms with Crippen LogP contribution in [0, 0.1) is 5.41 Å². The van der Waals surface area contributed by atoms with Crippen LogP contribution in [0.2, 0.25) is 5.02 Å². The van der Waals surface area contributed by atoms with Crippen molar-refractivity contribution in [1.82, 2.24) is 14.9 Å². The van der Waals surface area contributed by atoms with E-state index in [1.54, 1.807) is 37.7 Å². The highest BCUT2D eigenvalue weighted by Gasteiger charge is 2.42. The van der Waals surface area contributed by atoms with E-state index in [1.165, 1.54) is 6.20 Å². The predicted molar refractivity (Wildman–Crippen MR) is 138 cm³/mol. The Bertz CT molecular complexity index is 1180. The number of hydrogen-bond donors (Lipinski definition) is 2. The fourth-order valence-electron chi connectivity index (χ4n) is 4.82. The molecule has 0 aliphatic carbocycles. The number of carboxylic acids is 1. The molecule has 186 valence electrons. The first-order chi connectivity index (χ1) is 16.8. The molecule has 0 bridgehead atoms. The van der Waals surface area contributed by atoms with Gasteiger partial charge in [-0.25, -0.2) is 4.39 Å². The van der Waals surface area contributed by atoms with E-state index in [-0.39, 0.29) is 23.1 Å². The number of carbonyl (C=O) groups is 1. The lowest BCUT2D eigenvalue weighted by molar-refractivity contribution is -0.153. The van der Waals surface area contributed by atoms with Gasteiger partial charge in [0, 0.05) is 41.3 Å². The lowest BCUT2D eigenvalue weighted by Crippen LogP contribution is -2.45. The van der Waals surface area contributed by atoms with Gasteiger partial charge < -0.3 is 14.7 Å². The van der Waals surface area contributed by atoms with E-state index in [9.17, 15) is 9.90 Å². The smallest absolute Gasteiger partial charge is 0.309 e. The normalized spacial score (nSPS) is 17.7. The van der Waals surface area contributed by atoms with Gasteiger partial charge in [0.1, 0.15) is 11.9 Å². The predicted octanol–water partition coefficient (Wildman–Crippen LogP) is 5.92. The number of benzene rings is 1. The molecule has 0 saturated carbocycles. The second kappa shape index (κ2) is 11.1. The number of fused-ring (bicyclic) bond motifs is 1. The highest BCUT2D eigenvalue weighted by Crippen LogP contribution is 2.42. The summed E-state index contributed by atoms with van der Waals surface area (Å²) < 4.78 is 20.9. The number of nitrogens with zero attached hydrogens (tertiary/aromatic N) is 3. The number of hydrogen-bond acceptors (Lipinski definition) is 6. The van der Waals surface area contributed by atoms with Crippen LogP contribution in [0.3, 0.4) is 0 Å². The van der Waals surface area contributed by atoms with E-state index >= 15 is 4.39 Å². The number of aliphatic carboxylic acids is 1. The van der Waals surface area contributed by atoms with Crippen molar-refractivity contribution in [1.29, 1.82) is 0 Å². The van der Waals surface area contributed by atoms with Crippen molar-refractivity contribution in [2.24, 2.45) is 5.41 Å². The number of pyridine rings is 2. The number of alkyl halides is 1. The lowest BCUT2D eigenvalue weighted by Gasteiger charge is -2.40. The van der Waals surface area contributed by atoms with E-state index in [4.69, 9.17) is 29.0 Å². The van der Waals surface area contributed by atoms with Crippen LogP contribution < -0.4 is 4.74 Å². The third kappa shape index (κ3) is 5.71. The maximum Gasteiger partial charge on any atom is 0.309 e. The molecule has 2 atom stereocenters. The fraction of sp³-hybridized carbons (Fsp3) is 0.423. The van der Waals surface area contributed by atoms with Crippen LogP contribution >= 0.6 is 24.2 Å². The molecule has 1 fully saturated rings. The monoisotopic (exact) mass is 517 g/mol. The van der Waals surface area contributed by atoms with Crippen molar-refractivity contribution >= 4 is 41.1 Å². The molecule has 1 aliphatic heterocycles. The van der Waals surface area contributed by atoms with Gasteiger partial charge in [-0.05, 0) is 68.6 Å². The number of halogens is 2. The number of likely N-dealkylation sites (tertiary alicyclic amines) is 1. The molecule has 1 aliphatic rings. The van der Waals surface area contributed by atoms with Crippen LogP contribution in [-0.4, -0.2) is 52.7 Å². The molecule has 1 aromatic carbocycles. The highest BCUT2D eigenvalue weighted by molar-refractivity contribution is 7.80. The zero-order valence-electron chi connectivity index (χ0n) is 19.5. The molecule has 2 aromatic heterocycles. The summed E-state index contributed by atoms with van der Waals surface area (Å²) in [4.78, 5) is 23.0. The molecule has 1 saturated heterocycles. The Kier molecular flexibility index (Phi) is 8.14. The first kappa shape index (κ1) is 25.7. The number of carboxylic acid groups (broad SMARTS) is 1. The van der Waals surface area contributed by atoms with Gasteiger partial charge in [-0.15, -0.1) is 0 Å². The molecule has 1 N–H and O–H groups in total. The molecular formula is C26H29ClFN3O3S. The van der Waals surface area contributed by atoms with Crippen molar-refractivity contribution in [3.05, 3.63) is 65.1 Å². The molecule has 0 radical (unpaired) electrons. The second-order valence-electron chi connectivity index (χ2n) is 9.10. The molecule has 3 aromatic rings. The summed E-state index contributed by atoms with van der Waals surface area (Å²) in [5.74, 6) is -0.287. The molecule has 9 heteroatoms. The molecule has 1 unspecified atom stereocenters. The SMILES string of the molecule is COc1ccc2ncc(Cl)c([C@@H](F)CCC3(C(=O)O)CCN(CC(S)c4cccnc4)CC3)c2c1. The number of thiol groups is 1. The number of methoxy groups -OCH3 is 1. The summed E-state index contributed by atoms with van der Waals surface area (Å²) in [6, 6.07) is 9.11. The van der Waals surface area contributed by atoms with Gasteiger partial charge in [-0.2, -0.15) is 12.6 Å². The first-order valence-corrected chi connectivity index (χ1v) is 12.5. The summed E-state index contributed by atoms with van der Waals surface area (Å²) in [5.41, 5.74) is 1.02. The van der Waals surface area contributed by atoms with Crippen LogP contribution in [0.15, 0.2) is 48.9 Å². The Hall–Kier alpha value is -2.42. The standard InChI is InChI=1S/C26H29ClFN3O3S/c1-34-18-4-5-22-19(13-18)24(20(27)15-30-22)21(28)6-7-26(25(32)33)8-11-31(12-9-26)16-23(35)17-3-2-10-29-14-17/h2-5,10,13-15,21,23,35H,6-9,11-12,16H2,1H3,(H,32,33)/t21-,23?/m0/s1. The molecule has 3 heterocycles. The van der Waals surface area contributed by atoms with Gasteiger partial charge in [0.15, 0.2) is 0 Å². The fourth-order valence-corrected chi connectivity index (χ4v) is 5.47. The van der Waals surface area contributed by atoms with Gasteiger partial charge in [0.25, 0.3) is 0 Å². The minimum atomic E-state index is -1.42. The topological polar surface area (TPSA) is 75.6 Å². The third-order valence-corrected chi connectivity index (χ3v) is 7.79. The van der Waals surface area contributed by atoms with E-state index < -0.39 is 17.6 Å². The molecule has 0 spiro atoms. The maximum absolute atomic E-state index is 15.6. The summed E-state index contributed by atoms with van der Waals surface area (Å²) in [6.45, 7) is 1.95. The lowest BCUT2D eigenvalue weighted by atomic mass is 9.74. The zero-order chi connectivity index (χ0) is 25.0. The maximum atomic E-state index is 15.6. The van der Waals surface area contributed by atoms with Gasteiger partial charge in [-0.1, -0.05) is 17.7 Å². The molecule has 35 heavy (non-hydrogen) atoms. The number of aromatic nitrogens is 2. The van der Waals surface area contributed by atoms with Gasteiger partial charge >= 0.3 is 5.97 Å². The first-order valence-electron chi connectivity index (χ1n) is 11.6. The largest absolute Gasteiger partial charge is 0.497 e. The quantitative estimate of drug-likeness (QED) is 0.343. The van der Waals surface area contributed by atoms with Crippen molar-refractivity contribution in [2.75, 3.05) is 26.7 Å². The van der Waals surface area contributed by atoms with Crippen LogP contribution in [0.4, 0.5) is 4.39 Å². The van der Waals surface area contributed by atoms with Crippen LogP contribution in [-0.2, 0) is 4.79 Å². The zero-order valence-corrected chi connectivity index (χ0v) is 21.2. The van der Waals surface area contributed by atoms with Crippen LogP contribution in [0.25, 0.3) is 10.9 Å². The molecular weight excluding hydrogens is 489 g/mol. The van der Waals surface area contributed by atoms with Crippen LogP contribution in [0.5, 0.6) is 5.75 Å². The Morgan fingerprint density at radius 1 is 1.31 bits per heavy atom. The Morgan fingerprint density at radius 2 is 2.09 bits per heavy atom. The summed E-state index contributed by atoms with van der Waals surface area (Å²) >= 11 is 11.1. The number of piperidine rings is 1. The van der Waals surface area contributed by atoms with Crippen molar-refractivity contribution in [2.45, 2.75) is 37.1 Å².